The van der Waals surface area contributed by atoms with Crippen LogP contribution in [0.2, 0.25) is 0 Å². The molecule has 1 fully saturated rings. The summed E-state index contributed by atoms with van der Waals surface area (Å²) in [6.07, 6.45) is 0.681. The molecule has 0 aliphatic carbocycles. The number of carbonyl (C=O) groups is 4. The fourth-order valence-electron chi connectivity index (χ4n) is 3.51. The summed E-state index contributed by atoms with van der Waals surface area (Å²) in [4.78, 5) is 51.0. The number of nitrogens with zero attached hydrogens (tertiary/aromatic N) is 1. The minimum Gasteiger partial charge on any atom is -0.497 e. The largest absolute Gasteiger partial charge is 0.497 e. The Labute approximate surface area is 180 Å². The molecule has 0 bridgehead atoms. The highest BCUT2D eigenvalue weighted by Crippen LogP contribution is 2.33. The van der Waals surface area contributed by atoms with Crippen molar-refractivity contribution in [1.29, 1.82) is 0 Å². The van der Waals surface area contributed by atoms with E-state index in [1.807, 2.05) is 0 Å². The minimum atomic E-state index is -1.22. The standard InChI is InChI=1S/C23H25N3O5/c1-4-20(28)24-17-10-6-15(7-11-17)19(27)14-26-21(29)23(5-2,25-22(26)30)16-8-12-18(31-3)13-9-16/h6-13H,4-5,14H2,1-3H3,(H,24,28)(H,25,30)/t23-/m0/s1. The van der Waals surface area contributed by atoms with Crippen LogP contribution in [0.5, 0.6) is 5.75 Å². The van der Waals surface area contributed by atoms with Gasteiger partial charge in [-0.2, -0.15) is 0 Å². The number of urea groups is 1. The average molecular weight is 423 g/mol. The van der Waals surface area contributed by atoms with Crippen molar-refractivity contribution in [3.05, 3.63) is 59.7 Å². The highest BCUT2D eigenvalue weighted by molar-refractivity contribution is 6.11. The van der Waals surface area contributed by atoms with E-state index >= 15 is 0 Å². The monoisotopic (exact) mass is 423 g/mol. The number of methoxy groups -OCH3 is 1. The molecule has 2 aromatic rings. The Hall–Kier alpha value is -3.68. The maximum Gasteiger partial charge on any atom is 0.325 e. The first kappa shape index (κ1) is 22.0. The van der Waals surface area contributed by atoms with Gasteiger partial charge in [0, 0.05) is 17.7 Å². The first-order chi connectivity index (χ1) is 14.8. The Morgan fingerprint density at radius 3 is 2.23 bits per heavy atom. The Kier molecular flexibility index (Phi) is 6.39. The second-order valence-electron chi connectivity index (χ2n) is 7.21. The lowest BCUT2D eigenvalue weighted by atomic mass is 9.87. The third-order valence-corrected chi connectivity index (χ3v) is 5.40. The maximum absolute atomic E-state index is 13.2. The van der Waals surface area contributed by atoms with E-state index in [1.165, 1.54) is 0 Å². The molecule has 1 heterocycles. The van der Waals surface area contributed by atoms with Crippen molar-refractivity contribution in [3.63, 3.8) is 0 Å². The molecule has 0 aromatic heterocycles. The number of nitrogens with one attached hydrogen (secondary N) is 2. The van der Waals surface area contributed by atoms with E-state index < -0.39 is 17.5 Å². The molecular weight excluding hydrogens is 398 g/mol. The SMILES string of the molecule is CCC(=O)Nc1ccc(C(=O)CN2C(=O)N[C@@](CC)(c3ccc(OC)cc3)C2=O)cc1. The van der Waals surface area contributed by atoms with Gasteiger partial charge in [-0.05, 0) is 48.4 Å². The number of rotatable bonds is 8. The number of carbonyl (C=O) groups excluding carboxylic acids is 4. The molecule has 2 N–H and O–H groups in total. The van der Waals surface area contributed by atoms with Crippen LogP contribution in [-0.4, -0.2) is 42.2 Å². The summed E-state index contributed by atoms with van der Waals surface area (Å²) in [6, 6.07) is 12.6. The zero-order valence-corrected chi connectivity index (χ0v) is 17.7. The van der Waals surface area contributed by atoms with E-state index in [4.69, 9.17) is 4.74 Å². The summed E-state index contributed by atoms with van der Waals surface area (Å²) in [6.45, 7) is 3.17. The van der Waals surface area contributed by atoms with Crippen molar-refractivity contribution in [2.45, 2.75) is 32.2 Å². The summed E-state index contributed by atoms with van der Waals surface area (Å²) in [5.74, 6) is -0.339. The zero-order valence-electron chi connectivity index (χ0n) is 17.7. The summed E-state index contributed by atoms with van der Waals surface area (Å²) in [7, 11) is 1.55. The quantitative estimate of drug-likeness (QED) is 0.502. The van der Waals surface area contributed by atoms with Crippen LogP contribution in [0.3, 0.4) is 0 Å². The number of Topliss-reactive ketones (excluding diaryl/α,β-unsaturated/α-hetero) is 1. The molecule has 0 unspecified atom stereocenters. The van der Waals surface area contributed by atoms with E-state index in [2.05, 4.69) is 10.6 Å². The molecule has 1 aliphatic heterocycles. The maximum atomic E-state index is 13.2. The Morgan fingerprint density at radius 1 is 1.03 bits per heavy atom. The molecule has 0 saturated carbocycles. The lowest BCUT2D eigenvalue weighted by molar-refractivity contribution is -0.131. The fraction of sp³-hybridized carbons (Fsp3) is 0.304. The number of ketones is 1. The average Bonchev–Trinajstić information content (AvgIpc) is 3.04. The van der Waals surface area contributed by atoms with Crippen molar-refractivity contribution in [2.24, 2.45) is 0 Å². The second kappa shape index (κ2) is 8.99. The topological polar surface area (TPSA) is 105 Å². The van der Waals surface area contributed by atoms with Crippen LogP contribution in [0.15, 0.2) is 48.5 Å². The van der Waals surface area contributed by atoms with Crippen molar-refractivity contribution in [3.8, 4) is 5.75 Å². The molecule has 8 nitrogen and oxygen atoms in total. The number of hydrogen-bond acceptors (Lipinski definition) is 5. The van der Waals surface area contributed by atoms with Gasteiger partial charge < -0.3 is 15.4 Å². The highest BCUT2D eigenvalue weighted by Gasteiger charge is 2.51. The number of hydrogen-bond donors (Lipinski definition) is 2. The molecule has 1 aliphatic rings. The third-order valence-electron chi connectivity index (χ3n) is 5.40. The fourth-order valence-corrected chi connectivity index (χ4v) is 3.51. The van der Waals surface area contributed by atoms with Crippen molar-refractivity contribution in [2.75, 3.05) is 19.0 Å². The number of imide groups is 1. The molecule has 4 amide bonds. The van der Waals surface area contributed by atoms with Gasteiger partial charge in [-0.15, -0.1) is 0 Å². The van der Waals surface area contributed by atoms with Gasteiger partial charge in [-0.25, -0.2) is 4.79 Å². The van der Waals surface area contributed by atoms with E-state index in [1.54, 1.807) is 69.5 Å². The van der Waals surface area contributed by atoms with Gasteiger partial charge in [0.2, 0.25) is 5.91 Å². The van der Waals surface area contributed by atoms with E-state index in [-0.39, 0.29) is 18.2 Å². The van der Waals surface area contributed by atoms with E-state index in [0.717, 1.165) is 4.90 Å². The lowest BCUT2D eigenvalue weighted by Gasteiger charge is -2.26. The summed E-state index contributed by atoms with van der Waals surface area (Å²) < 4.78 is 5.15. The normalized spacial score (nSPS) is 18.0. The zero-order chi connectivity index (χ0) is 22.6. The molecule has 0 spiro atoms. The molecule has 2 aromatic carbocycles. The van der Waals surface area contributed by atoms with Gasteiger partial charge in [0.05, 0.1) is 13.7 Å². The Bertz CT molecular complexity index is 1000. The van der Waals surface area contributed by atoms with Crippen LogP contribution < -0.4 is 15.4 Å². The van der Waals surface area contributed by atoms with Crippen LogP contribution in [-0.2, 0) is 15.1 Å². The van der Waals surface area contributed by atoms with Gasteiger partial charge in [0.25, 0.3) is 5.91 Å². The third kappa shape index (κ3) is 4.28. The van der Waals surface area contributed by atoms with Crippen molar-refractivity contribution >= 4 is 29.3 Å². The van der Waals surface area contributed by atoms with Crippen LogP contribution in [0, 0.1) is 0 Å². The Morgan fingerprint density at radius 2 is 1.68 bits per heavy atom. The van der Waals surface area contributed by atoms with E-state index in [9.17, 15) is 19.2 Å². The molecular formula is C23H25N3O5. The Balaban J connectivity index is 1.77. The lowest BCUT2D eigenvalue weighted by Crippen LogP contribution is -2.43. The minimum absolute atomic E-state index is 0.132. The van der Waals surface area contributed by atoms with Gasteiger partial charge in [0.1, 0.15) is 11.3 Å². The highest BCUT2D eigenvalue weighted by atomic mass is 16.5. The number of ether oxygens (including phenoxy) is 1. The summed E-state index contributed by atoms with van der Waals surface area (Å²) >= 11 is 0. The number of anilines is 1. The molecule has 31 heavy (non-hydrogen) atoms. The van der Waals surface area contributed by atoms with Gasteiger partial charge in [-0.1, -0.05) is 26.0 Å². The van der Waals surface area contributed by atoms with E-state index in [0.29, 0.717) is 35.4 Å². The molecule has 0 radical (unpaired) electrons. The molecule has 3 rings (SSSR count). The first-order valence-electron chi connectivity index (χ1n) is 10.1. The van der Waals surface area contributed by atoms with Crippen molar-refractivity contribution in [1.82, 2.24) is 10.2 Å². The second-order valence-corrected chi connectivity index (χ2v) is 7.21. The smallest absolute Gasteiger partial charge is 0.325 e. The summed E-state index contributed by atoms with van der Waals surface area (Å²) in [5.41, 5.74) is 0.314. The first-order valence-corrected chi connectivity index (χ1v) is 10.1. The van der Waals surface area contributed by atoms with Crippen LogP contribution >= 0.6 is 0 Å². The molecule has 1 atom stereocenters. The van der Waals surface area contributed by atoms with Gasteiger partial charge in [-0.3, -0.25) is 19.3 Å². The molecule has 162 valence electrons. The van der Waals surface area contributed by atoms with Gasteiger partial charge >= 0.3 is 6.03 Å². The molecule has 1 saturated heterocycles. The van der Waals surface area contributed by atoms with Crippen molar-refractivity contribution < 1.29 is 23.9 Å². The number of amides is 4. The summed E-state index contributed by atoms with van der Waals surface area (Å²) in [5, 5.41) is 5.46. The van der Waals surface area contributed by atoms with Gasteiger partial charge in [0.15, 0.2) is 5.78 Å². The predicted octanol–water partition coefficient (Wildman–Crippen LogP) is 3.08. The van der Waals surface area contributed by atoms with Crippen LogP contribution in [0.4, 0.5) is 10.5 Å². The predicted molar refractivity (Wildman–Crippen MR) is 115 cm³/mol. The van der Waals surface area contributed by atoms with Crippen LogP contribution in [0.1, 0.15) is 42.6 Å². The van der Waals surface area contributed by atoms with Crippen LogP contribution in [0.25, 0.3) is 0 Å². The number of benzene rings is 2. The molecule has 8 heteroatoms.